The van der Waals surface area contributed by atoms with Crippen molar-refractivity contribution in [2.24, 2.45) is 0 Å². The molecule has 0 saturated carbocycles. The zero-order valence-corrected chi connectivity index (χ0v) is 18.9. The highest BCUT2D eigenvalue weighted by Crippen LogP contribution is 2.28. The molecule has 3 aromatic carbocycles. The largest absolute Gasteiger partial charge is 0.497 e. The molecule has 4 aromatic rings. The summed E-state index contributed by atoms with van der Waals surface area (Å²) in [5.41, 5.74) is 4.58. The number of ether oxygens (including phenoxy) is 2. The second-order valence-corrected chi connectivity index (χ2v) is 8.15. The normalized spacial score (nSPS) is 12.8. The van der Waals surface area contributed by atoms with Crippen LogP contribution in [0.25, 0.3) is 22.2 Å². The Morgan fingerprint density at radius 3 is 2.56 bits per heavy atom. The van der Waals surface area contributed by atoms with E-state index in [1.165, 1.54) is 0 Å². The predicted octanol–water partition coefficient (Wildman–Crippen LogP) is 5.05. The molecule has 0 fully saturated rings. The van der Waals surface area contributed by atoms with E-state index in [0.717, 1.165) is 35.4 Å². The van der Waals surface area contributed by atoms with Crippen LogP contribution >= 0.6 is 0 Å². The number of carbonyl (C=O) groups is 2. The van der Waals surface area contributed by atoms with Crippen LogP contribution in [0, 0.1) is 0 Å². The molecule has 0 bridgehead atoms. The molecule has 0 unspecified atom stereocenters. The van der Waals surface area contributed by atoms with Crippen molar-refractivity contribution in [3.05, 3.63) is 90.0 Å². The molecule has 0 saturated heterocycles. The SMILES string of the molecule is COc1ccc(-c2cc(C(=O)OCC(=O)N3CCCc4ccccc43)c3ccccc3n2)cc1. The molecule has 2 heterocycles. The minimum Gasteiger partial charge on any atom is -0.497 e. The minimum absolute atomic E-state index is 0.228. The fourth-order valence-corrected chi connectivity index (χ4v) is 4.33. The number of pyridine rings is 1. The van der Waals surface area contributed by atoms with Crippen LogP contribution < -0.4 is 9.64 Å². The zero-order valence-electron chi connectivity index (χ0n) is 18.9. The lowest BCUT2D eigenvalue weighted by Gasteiger charge is -2.29. The van der Waals surface area contributed by atoms with E-state index >= 15 is 0 Å². The first kappa shape index (κ1) is 21.6. The van der Waals surface area contributed by atoms with Gasteiger partial charge in [-0.15, -0.1) is 0 Å². The van der Waals surface area contributed by atoms with Gasteiger partial charge in [0, 0.05) is 23.2 Å². The minimum atomic E-state index is -0.549. The number of methoxy groups -OCH3 is 1. The second-order valence-electron chi connectivity index (χ2n) is 8.15. The van der Waals surface area contributed by atoms with Gasteiger partial charge in [-0.05, 0) is 60.9 Å². The zero-order chi connectivity index (χ0) is 23.5. The molecular weight excluding hydrogens is 428 g/mol. The molecule has 0 aliphatic carbocycles. The Kier molecular flexibility index (Phi) is 5.95. The van der Waals surface area contributed by atoms with Gasteiger partial charge in [0.2, 0.25) is 0 Å². The molecule has 6 heteroatoms. The van der Waals surface area contributed by atoms with E-state index in [0.29, 0.717) is 28.7 Å². The summed E-state index contributed by atoms with van der Waals surface area (Å²) in [6, 6.07) is 24.5. The summed E-state index contributed by atoms with van der Waals surface area (Å²) in [4.78, 5) is 32.5. The summed E-state index contributed by atoms with van der Waals surface area (Å²) in [5, 5.41) is 0.681. The number of para-hydroxylation sites is 2. The van der Waals surface area contributed by atoms with Gasteiger partial charge in [0.05, 0.1) is 23.9 Å². The number of fused-ring (bicyclic) bond motifs is 2. The van der Waals surface area contributed by atoms with Crippen molar-refractivity contribution in [2.75, 3.05) is 25.2 Å². The number of anilines is 1. The number of benzene rings is 3. The average molecular weight is 453 g/mol. The topological polar surface area (TPSA) is 68.7 Å². The summed E-state index contributed by atoms with van der Waals surface area (Å²) in [7, 11) is 1.61. The maximum Gasteiger partial charge on any atom is 0.339 e. The number of carbonyl (C=O) groups excluding carboxylic acids is 2. The van der Waals surface area contributed by atoms with Gasteiger partial charge < -0.3 is 14.4 Å². The van der Waals surface area contributed by atoms with E-state index in [1.54, 1.807) is 18.1 Å². The van der Waals surface area contributed by atoms with Crippen molar-refractivity contribution in [3.8, 4) is 17.0 Å². The van der Waals surface area contributed by atoms with E-state index in [2.05, 4.69) is 0 Å². The number of hydrogen-bond donors (Lipinski definition) is 0. The molecule has 6 nitrogen and oxygen atoms in total. The summed E-state index contributed by atoms with van der Waals surface area (Å²) in [6.07, 6.45) is 1.83. The van der Waals surface area contributed by atoms with Crippen molar-refractivity contribution < 1.29 is 19.1 Å². The van der Waals surface area contributed by atoms with Crippen LogP contribution in [0.15, 0.2) is 78.9 Å². The first-order chi connectivity index (χ1) is 16.6. The van der Waals surface area contributed by atoms with Gasteiger partial charge in [-0.2, -0.15) is 0 Å². The monoisotopic (exact) mass is 452 g/mol. The molecule has 1 amide bonds. The second kappa shape index (κ2) is 9.35. The van der Waals surface area contributed by atoms with Crippen molar-refractivity contribution in [1.82, 2.24) is 4.98 Å². The maximum absolute atomic E-state index is 13.1. The van der Waals surface area contributed by atoms with Gasteiger partial charge >= 0.3 is 5.97 Å². The van der Waals surface area contributed by atoms with Gasteiger partial charge in [-0.25, -0.2) is 9.78 Å². The van der Waals surface area contributed by atoms with Crippen molar-refractivity contribution in [2.45, 2.75) is 12.8 Å². The van der Waals surface area contributed by atoms with Crippen LogP contribution in [0.3, 0.4) is 0 Å². The maximum atomic E-state index is 13.1. The van der Waals surface area contributed by atoms with Gasteiger partial charge in [0.1, 0.15) is 5.75 Å². The third kappa shape index (κ3) is 4.22. The van der Waals surface area contributed by atoms with E-state index in [4.69, 9.17) is 14.5 Å². The van der Waals surface area contributed by atoms with Crippen LogP contribution in [-0.2, 0) is 16.0 Å². The van der Waals surface area contributed by atoms with Crippen LogP contribution in [0.1, 0.15) is 22.3 Å². The molecule has 0 N–H and O–H groups in total. The highest BCUT2D eigenvalue weighted by atomic mass is 16.5. The summed E-state index contributed by atoms with van der Waals surface area (Å²) >= 11 is 0. The molecule has 0 atom stereocenters. The average Bonchev–Trinajstić information content (AvgIpc) is 2.90. The van der Waals surface area contributed by atoms with Gasteiger partial charge in [-0.3, -0.25) is 4.79 Å². The number of aromatic nitrogens is 1. The number of esters is 1. The molecule has 0 spiro atoms. The molecule has 0 radical (unpaired) electrons. The van der Waals surface area contributed by atoms with E-state index in [-0.39, 0.29) is 12.5 Å². The molecule has 1 aliphatic rings. The van der Waals surface area contributed by atoms with Gasteiger partial charge in [0.25, 0.3) is 5.91 Å². The first-order valence-electron chi connectivity index (χ1n) is 11.2. The van der Waals surface area contributed by atoms with E-state index in [9.17, 15) is 9.59 Å². The number of rotatable bonds is 5. The van der Waals surface area contributed by atoms with Crippen LogP contribution in [-0.4, -0.2) is 37.1 Å². The lowest BCUT2D eigenvalue weighted by atomic mass is 10.0. The summed E-state index contributed by atoms with van der Waals surface area (Å²) in [5.74, 6) is -0.0387. The number of hydrogen-bond acceptors (Lipinski definition) is 5. The van der Waals surface area contributed by atoms with Crippen molar-refractivity contribution in [3.63, 3.8) is 0 Å². The Morgan fingerprint density at radius 2 is 1.74 bits per heavy atom. The summed E-state index contributed by atoms with van der Waals surface area (Å²) < 4.78 is 10.7. The van der Waals surface area contributed by atoms with Crippen LogP contribution in [0.5, 0.6) is 5.75 Å². The quantitative estimate of drug-likeness (QED) is 0.397. The smallest absolute Gasteiger partial charge is 0.339 e. The highest BCUT2D eigenvalue weighted by Gasteiger charge is 2.24. The van der Waals surface area contributed by atoms with Crippen LogP contribution in [0.4, 0.5) is 5.69 Å². The van der Waals surface area contributed by atoms with Crippen molar-refractivity contribution in [1.29, 1.82) is 0 Å². The number of nitrogens with zero attached hydrogens (tertiary/aromatic N) is 2. The van der Waals surface area contributed by atoms with E-state index in [1.807, 2.05) is 72.8 Å². The Balaban J connectivity index is 1.40. The van der Waals surface area contributed by atoms with E-state index < -0.39 is 5.97 Å². The molecule has 34 heavy (non-hydrogen) atoms. The molecule has 5 rings (SSSR count). The fourth-order valence-electron chi connectivity index (χ4n) is 4.33. The summed E-state index contributed by atoms with van der Waals surface area (Å²) in [6.45, 7) is 0.300. The lowest BCUT2D eigenvalue weighted by molar-refractivity contribution is -0.121. The predicted molar refractivity (Wildman–Crippen MR) is 131 cm³/mol. The lowest BCUT2D eigenvalue weighted by Crippen LogP contribution is -2.38. The third-order valence-corrected chi connectivity index (χ3v) is 6.06. The first-order valence-corrected chi connectivity index (χ1v) is 11.2. The van der Waals surface area contributed by atoms with Gasteiger partial charge in [-0.1, -0.05) is 36.4 Å². The highest BCUT2D eigenvalue weighted by molar-refractivity contribution is 6.05. The Hall–Kier alpha value is -4.19. The Morgan fingerprint density at radius 1 is 0.971 bits per heavy atom. The standard InChI is InChI=1S/C28H24N2O4/c1-33-21-14-12-19(13-15-21)25-17-23(22-9-3-4-10-24(22)29-25)28(32)34-18-27(31)30-16-6-8-20-7-2-5-11-26(20)30/h2-5,7,9-15,17H,6,8,16,18H2,1H3. The number of amides is 1. The number of aryl methyl sites for hydroxylation is 1. The third-order valence-electron chi connectivity index (χ3n) is 6.06. The molecule has 1 aromatic heterocycles. The van der Waals surface area contributed by atoms with Gasteiger partial charge in [0.15, 0.2) is 6.61 Å². The van der Waals surface area contributed by atoms with Crippen LogP contribution in [0.2, 0.25) is 0 Å². The Bertz CT molecular complexity index is 1360. The van der Waals surface area contributed by atoms with Crippen molar-refractivity contribution >= 4 is 28.5 Å². The molecule has 170 valence electrons. The molecular formula is C28H24N2O4. The molecule has 1 aliphatic heterocycles. The fraction of sp³-hybridized carbons (Fsp3) is 0.179. The Labute approximate surface area is 197 Å².